The molecule has 0 aliphatic heterocycles. The molecule has 0 spiro atoms. The second kappa shape index (κ2) is 7.46. The first-order chi connectivity index (χ1) is 10.2. The number of benzene rings is 1. The van der Waals surface area contributed by atoms with E-state index in [0.29, 0.717) is 0 Å². The van der Waals surface area contributed by atoms with E-state index < -0.39 is 0 Å². The lowest BCUT2D eigenvalue weighted by molar-refractivity contribution is 0.911. The molecule has 0 aliphatic carbocycles. The van der Waals surface area contributed by atoms with Gasteiger partial charge in [-0.3, -0.25) is 0 Å². The SMILES string of the molecule is CCCNc1ncnc(Sc2cc(C)ccc2C)c1CC. The first-order valence-electron chi connectivity index (χ1n) is 7.48. The topological polar surface area (TPSA) is 37.8 Å². The molecule has 112 valence electrons. The second-order valence-corrected chi connectivity index (χ2v) is 6.19. The highest BCUT2D eigenvalue weighted by Gasteiger charge is 2.12. The van der Waals surface area contributed by atoms with Crippen LogP contribution in [0, 0.1) is 13.8 Å². The fourth-order valence-electron chi connectivity index (χ4n) is 2.12. The smallest absolute Gasteiger partial charge is 0.133 e. The molecule has 3 nitrogen and oxygen atoms in total. The average Bonchev–Trinajstić information content (AvgIpc) is 2.49. The van der Waals surface area contributed by atoms with Crippen molar-refractivity contribution in [1.82, 2.24) is 9.97 Å². The summed E-state index contributed by atoms with van der Waals surface area (Å²) < 4.78 is 0. The van der Waals surface area contributed by atoms with Crippen molar-refractivity contribution in [3.8, 4) is 0 Å². The minimum absolute atomic E-state index is 0.931. The van der Waals surface area contributed by atoms with Crippen LogP contribution in [0.3, 0.4) is 0 Å². The van der Waals surface area contributed by atoms with Crippen LogP contribution < -0.4 is 5.32 Å². The van der Waals surface area contributed by atoms with E-state index in [1.54, 1.807) is 18.1 Å². The van der Waals surface area contributed by atoms with Crippen LogP contribution in [0.25, 0.3) is 0 Å². The Bertz CT molecular complexity index is 611. The highest BCUT2D eigenvalue weighted by molar-refractivity contribution is 7.99. The van der Waals surface area contributed by atoms with Gasteiger partial charge in [-0.15, -0.1) is 0 Å². The van der Waals surface area contributed by atoms with Gasteiger partial charge in [-0.2, -0.15) is 0 Å². The number of aryl methyl sites for hydroxylation is 2. The van der Waals surface area contributed by atoms with Crippen LogP contribution in [-0.4, -0.2) is 16.5 Å². The molecule has 0 aliphatic rings. The molecule has 0 radical (unpaired) electrons. The third-order valence-corrected chi connectivity index (χ3v) is 4.56. The molecule has 2 rings (SSSR count). The van der Waals surface area contributed by atoms with Gasteiger partial charge in [0, 0.05) is 17.0 Å². The van der Waals surface area contributed by atoms with E-state index in [1.807, 2.05) is 0 Å². The number of nitrogens with zero attached hydrogens (tertiary/aromatic N) is 2. The highest BCUT2D eigenvalue weighted by Crippen LogP contribution is 2.33. The lowest BCUT2D eigenvalue weighted by Crippen LogP contribution is -2.07. The van der Waals surface area contributed by atoms with E-state index in [0.717, 1.165) is 30.2 Å². The molecule has 1 aromatic carbocycles. The van der Waals surface area contributed by atoms with Gasteiger partial charge in [-0.1, -0.05) is 37.7 Å². The third-order valence-electron chi connectivity index (χ3n) is 3.35. The minimum Gasteiger partial charge on any atom is -0.370 e. The van der Waals surface area contributed by atoms with Gasteiger partial charge in [0.2, 0.25) is 0 Å². The van der Waals surface area contributed by atoms with Crippen molar-refractivity contribution in [3.63, 3.8) is 0 Å². The fraction of sp³-hybridized carbons (Fsp3) is 0.412. The van der Waals surface area contributed by atoms with E-state index >= 15 is 0 Å². The van der Waals surface area contributed by atoms with Gasteiger partial charge in [-0.05, 0) is 43.9 Å². The van der Waals surface area contributed by atoms with Crippen LogP contribution in [0.4, 0.5) is 5.82 Å². The summed E-state index contributed by atoms with van der Waals surface area (Å²) in [4.78, 5) is 10.2. The standard InChI is InChI=1S/C17H23N3S/c1-5-9-18-16-14(6-2)17(20-11-19-16)21-15-10-12(3)7-8-13(15)4/h7-8,10-11H,5-6,9H2,1-4H3,(H,18,19,20). The molecule has 0 amide bonds. The Morgan fingerprint density at radius 3 is 2.67 bits per heavy atom. The molecular weight excluding hydrogens is 278 g/mol. The summed E-state index contributed by atoms with van der Waals surface area (Å²) in [5.41, 5.74) is 3.77. The summed E-state index contributed by atoms with van der Waals surface area (Å²) in [6, 6.07) is 6.54. The number of nitrogens with one attached hydrogen (secondary N) is 1. The molecule has 0 bridgehead atoms. The Hall–Kier alpha value is -1.55. The van der Waals surface area contributed by atoms with Gasteiger partial charge < -0.3 is 5.32 Å². The molecule has 0 saturated carbocycles. The van der Waals surface area contributed by atoms with Crippen LogP contribution in [0.5, 0.6) is 0 Å². The van der Waals surface area contributed by atoms with E-state index in [1.165, 1.54) is 21.6 Å². The van der Waals surface area contributed by atoms with Crippen LogP contribution in [0.2, 0.25) is 0 Å². The van der Waals surface area contributed by atoms with E-state index in [2.05, 4.69) is 61.2 Å². The Morgan fingerprint density at radius 2 is 1.95 bits per heavy atom. The van der Waals surface area contributed by atoms with Gasteiger partial charge >= 0.3 is 0 Å². The van der Waals surface area contributed by atoms with Crippen LogP contribution in [-0.2, 0) is 6.42 Å². The second-order valence-electron chi connectivity index (χ2n) is 5.16. The van der Waals surface area contributed by atoms with Crippen molar-refractivity contribution in [3.05, 3.63) is 41.2 Å². The molecule has 0 saturated heterocycles. The molecule has 0 unspecified atom stereocenters. The van der Waals surface area contributed by atoms with E-state index in [9.17, 15) is 0 Å². The molecule has 0 fully saturated rings. The average molecular weight is 301 g/mol. The quantitative estimate of drug-likeness (QED) is 0.789. The zero-order valence-electron chi connectivity index (χ0n) is 13.2. The summed E-state index contributed by atoms with van der Waals surface area (Å²) in [5, 5.41) is 4.46. The predicted octanol–water partition coefficient (Wildman–Crippen LogP) is 4.63. The molecule has 0 atom stereocenters. The zero-order valence-corrected chi connectivity index (χ0v) is 14.0. The molecule has 4 heteroatoms. The zero-order chi connectivity index (χ0) is 15.2. The monoisotopic (exact) mass is 301 g/mol. The maximum Gasteiger partial charge on any atom is 0.133 e. The first-order valence-corrected chi connectivity index (χ1v) is 8.30. The van der Waals surface area contributed by atoms with Crippen LogP contribution in [0.15, 0.2) is 34.4 Å². The number of hydrogen-bond donors (Lipinski definition) is 1. The van der Waals surface area contributed by atoms with Crippen molar-refractivity contribution in [2.45, 2.75) is 50.5 Å². The lowest BCUT2D eigenvalue weighted by atomic mass is 10.2. The molecule has 2 aromatic rings. The van der Waals surface area contributed by atoms with Gasteiger partial charge in [-0.25, -0.2) is 9.97 Å². The Balaban J connectivity index is 2.33. The van der Waals surface area contributed by atoms with Gasteiger partial charge in [0.15, 0.2) is 0 Å². The van der Waals surface area contributed by atoms with Gasteiger partial charge in [0.25, 0.3) is 0 Å². The van der Waals surface area contributed by atoms with Crippen molar-refractivity contribution >= 4 is 17.6 Å². The summed E-state index contributed by atoms with van der Waals surface area (Å²) in [5.74, 6) is 0.974. The molecule has 1 N–H and O–H groups in total. The Morgan fingerprint density at radius 1 is 1.14 bits per heavy atom. The first kappa shape index (κ1) is 15.8. The largest absolute Gasteiger partial charge is 0.370 e. The Labute approximate surface area is 131 Å². The number of rotatable bonds is 6. The fourth-order valence-corrected chi connectivity index (χ4v) is 3.27. The summed E-state index contributed by atoms with van der Waals surface area (Å²) in [6.07, 6.45) is 3.68. The van der Waals surface area contributed by atoms with Crippen molar-refractivity contribution < 1.29 is 0 Å². The normalized spacial score (nSPS) is 10.7. The van der Waals surface area contributed by atoms with E-state index in [4.69, 9.17) is 0 Å². The molecule has 1 aromatic heterocycles. The van der Waals surface area contributed by atoms with Crippen molar-refractivity contribution in [2.24, 2.45) is 0 Å². The summed E-state index contributed by atoms with van der Waals surface area (Å²) in [6.45, 7) is 9.52. The maximum absolute atomic E-state index is 4.50. The third kappa shape index (κ3) is 3.97. The predicted molar refractivity (Wildman–Crippen MR) is 90.2 cm³/mol. The maximum atomic E-state index is 4.50. The van der Waals surface area contributed by atoms with E-state index in [-0.39, 0.29) is 0 Å². The molecular formula is C17H23N3S. The minimum atomic E-state index is 0.931. The lowest BCUT2D eigenvalue weighted by Gasteiger charge is -2.13. The number of anilines is 1. The van der Waals surface area contributed by atoms with Gasteiger partial charge in [0.05, 0.1) is 0 Å². The number of aromatic nitrogens is 2. The van der Waals surface area contributed by atoms with Crippen LogP contribution in [0.1, 0.15) is 37.0 Å². The number of hydrogen-bond acceptors (Lipinski definition) is 4. The highest BCUT2D eigenvalue weighted by atomic mass is 32.2. The Kier molecular flexibility index (Phi) is 5.62. The summed E-state index contributed by atoms with van der Waals surface area (Å²) >= 11 is 1.74. The molecule has 1 heterocycles. The molecule has 21 heavy (non-hydrogen) atoms. The van der Waals surface area contributed by atoms with Crippen LogP contribution >= 0.6 is 11.8 Å². The van der Waals surface area contributed by atoms with Gasteiger partial charge in [0.1, 0.15) is 17.2 Å². The van der Waals surface area contributed by atoms with Crippen molar-refractivity contribution in [2.75, 3.05) is 11.9 Å². The summed E-state index contributed by atoms with van der Waals surface area (Å²) in [7, 11) is 0. The van der Waals surface area contributed by atoms with Crippen molar-refractivity contribution in [1.29, 1.82) is 0 Å².